The van der Waals surface area contributed by atoms with E-state index in [2.05, 4.69) is 38.1 Å². The third-order valence-electron chi connectivity index (χ3n) is 4.75. The van der Waals surface area contributed by atoms with Crippen molar-refractivity contribution in [3.8, 4) is 0 Å². The number of benzene rings is 1. The third-order valence-corrected chi connectivity index (χ3v) is 4.75. The van der Waals surface area contributed by atoms with E-state index in [1.807, 2.05) is 0 Å². The minimum Gasteiger partial charge on any atom is -0.381 e. The summed E-state index contributed by atoms with van der Waals surface area (Å²) in [6.45, 7) is 6.67. The van der Waals surface area contributed by atoms with E-state index in [-0.39, 0.29) is 0 Å². The van der Waals surface area contributed by atoms with Crippen molar-refractivity contribution in [2.45, 2.75) is 39.0 Å². The molecule has 1 heteroatoms. The van der Waals surface area contributed by atoms with Gasteiger partial charge in [-0.05, 0) is 47.6 Å². The average Bonchev–Trinajstić information content (AvgIpc) is 2.63. The third kappa shape index (κ3) is 1.72. The fraction of sp³-hybridized carbons (Fsp3) is 0.625. The summed E-state index contributed by atoms with van der Waals surface area (Å²) >= 11 is 0. The summed E-state index contributed by atoms with van der Waals surface area (Å²) in [4.78, 5) is 0. The Balaban J connectivity index is 2.02. The van der Waals surface area contributed by atoms with Gasteiger partial charge < -0.3 is 4.74 Å². The van der Waals surface area contributed by atoms with Gasteiger partial charge in [-0.2, -0.15) is 0 Å². The summed E-state index contributed by atoms with van der Waals surface area (Å²) in [5.41, 5.74) is 3.70. The predicted molar refractivity (Wildman–Crippen MR) is 70.2 cm³/mol. The number of fused-ring (bicyclic) bond motifs is 1. The minimum absolute atomic E-state index is 0.496. The largest absolute Gasteiger partial charge is 0.381 e. The fourth-order valence-electron chi connectivity index (χ4n) is 4.15. The molecule has 1 atom stereocenters. The second-order valence-corrected chi connectivity index (χ2v) is 6.07. The van der Waals surface area contributed by atoms with E-state index in [0.717, 1.165) is 25.0 Å². The number of hydrogen-bond acceptors (Lipinski definition) is 1. The summed E-state index contributed by atoms with van der Waals surface area (Å²) in [6.07, 6.45) is 3.75. The Labute approximate surface area is 104 Å². The fourth-order valence-corrected chi connectivity index (χ4v) is 4.15. The first-order valence-corrected chi connectivity index (χ1v) is 6.88. The van der Waals surface area contributed by atoms with Crippen molar-refractivity contribution < 1.29 is 4.74 Å². The van der Waals surface area contributed by atoms with E-state index < -0.39 is 0 Å². The topological polar surface area (TPSA) is 9.23 Å². The van der Waals surface area contributed by atoms with Gasteiger partial charge in [0, 0.05) is 13.2 Å². The first-order chi connectivity index (χ1) is 8.23. The average molecular weight is 230 g/mol. The van der Waals surface area contributed by atoms with Gasteiger partial charge in [0.2, 0.25) is 0 Å². The molecule has 1 nitrogen and oxygen atoms in total. The van der Waals surface area contributed by atoms with Gasteiger partial charge >= 0.3 is 0 Å². The number of hydrogen-bond donors (Lipinski definition) is 0. The lowest BCUT2D eigenvalue weighted by Gasteiger charge is -2.41. The molecule has 1 heterocycles. The summed E-state index contributed by atoms with van der Waals surface area (Å²) in [5, 5.41) is 0. The molecule has 2 aliphatic rings. The van der Waals surface area contributed by atoms with Crippen LogP contribution in [-0.4, -0.2) is 13.2 Å². The molecule has 1 saturated heterocycles. The van der Waals surface area contributed by atoms with Crippen LogP contribution in [-0.2, 0) is 11.2 Å². The van der Waals surface area contributed by atoms with Crippen LogP contribution in [0.25, 0.3) is 0 Å². The van der Waals surface area contributed by atoms with Crippen molar-refractivity contribution in [3.63, 3.8) is 0 Å². The highest BCUT2D eigenvalue weighted by Crippen LogP contribution is 2.55. The molecule has 1 aliphatic carbocycles. The van der Waals surface area contributed by atoms with Crippen molar-refractivity contribution in [2.24, 2.45) is 11.3 Å². The monoisotopic (exact) mass is 230 g/mol. The van der Waals surface area contributed by atoms with Crippen LogP contribution in [0.5, 0.6) is 0 Å². The molecule has 1 fully saturated rings. The molecule has 17 heavy (non-hydrogen) atoms. The lowest BCUT2D eigenvalue weighted by molar-refractivity contribution is -0.00171. The Kier molecular flexibility index (Phi) is 2.74. The summed E-state index contributed by atoms with van der Waals surface area (Å²) < 4.78 is 5.58. The Morgan fingerprint density at radius 3 is 2.59 bits per heavy atom. The van der Waals surface area contributed by atoms with Crippen molar-refractivity contribution in [2.75, 3.05) is 13.2 Å². The molecule has 1 aromatic carbocycles. The Morgan fingerprint density at radius 1 is 1.18 bits per heavy atom. The normalized spacial score (nSPS) is 26.4. The van der Waals surface area contributed by atoms with Gasteiger partial charge in [-0.15, -0.1) is 0 Å². The lowest BCUT2D eigenvalue weighted by Crippen LogP contribution is -2.35. The highest BCUT2D eigenvalue weighted by atomic mass is 16.5. The van der Waals surface area contributed by atoms with Crippen molar-refractivity contribution in [3.05, 3.63) is 35.4 Å². The second kappa shape index (κ2) is 4.13. The van der Waals surface area contributed by atoms with Crippen LogP contribution in [0.2, 0.25) is 0 Å². The van der Waals surface area contributed by atoms with Gasteiger partial charge in [0.1, 0.15) is 0 Å². The van der Waals surface area contributed by atoms with E-state index in [0.29, 0.717) is 5.41 Å². The summed E-state index contributed by atoms with van der Waals surface area (Å²) in [5.74, 6) is 1.47. The second-order valence-electron chi connectivity index (χ2n) is 6.07. The molecule has 3 rings (SSSR count). The zero-order valence-electron chi connectivity index (χ0n) is 10.9. The standard InChI is InChI=1S/C16H22O/c1-12(2)15-14-6-4-3-5-13(14)11-16(15)7-9-17-10-8-16/h3-6,12,15H,7-11H2,1-2H3. The molecule has 0 radical (unpaired) electrons. The van der Waals surface area contributed by atoms with E-state index >= 15 is 0 Å². The molecule has 1 unspecified atom stereocenters. The zero-order chi connectivity index (χ0) is 11.9. The molecule has 1 aromatic rings. The maximum Gasteiger partial charge on any atom is 0.0471 e. The molecule has 0 N–H and O–H groups in total. The Morgan fingerprint density at radius 2 is 1.88 bits per heavy atom. The zero-order valence-corrected chi connectivity index (χ0v) is 10.9. The van der Waals surface area contributed by atoms with Crippen molar-refractivity contribution >= 4 is 0 Å². The molecule has 0 bridgehead atoms. The van der Waals surface area contributed by atoms with Crippen molar-refractivity contribution in [1.29, 1.82) is 0 Å². The molecular weight excluding hydrogens is 208 g/mol. The molecule has 0 saturated carbocycles. The highest BCUT2D eigenvalue weighted by Gasteiger charge is 2.47. The molecule has 0 aromatic heterocycles. The van der Waals surface area contributed by atoms with E-state index in [4.69, 9.17) is 4.74 Å². The lowest BCUT2D eigenvalue weighted by atomic mass is 9.66. The first kappa shape index (κ1) is 11.3. The quantitative estimate of drug-likeness (QED) is 0.713. The molecule has 92 valence electrons. The molecule has 0 amide bonds. The van der Waals surface area contributed by atoms with Crippen molar-refractivity contribution in [1.82, 2.24) is 0 Å². The smallest absolute Gasteiger partial charge is 0.0471 e. The van der Waals surface area contributed by atoms with Gasteiger partial charge in [0.25, 0.3) is 0 Å². The first-order valence-electron chi connectivity index (χ1n) is 6.88. The van der Waals surface area contributed by atoms with Gasteiger partial charge in [-0.25, -0.2) is 0 Å². The van der Waals surface area contributed by atoms with Gasteiger partial charge in [0.15, 0.2) is 0 Å². The van der Waals surface area contributed by atoms with Gasteiger partial charge in [-0.3, -0.25) is 0 Å². The SMILES string of the molecule is CC(C)C1c2ccccc2CC12CCOCC2. The molecular formula is C16H22O. The van der Waals surface area contributed by atoms with Crippen LogP contribution < -0.4 is 0 Å². The van der Waals surface area contributed by atoms with E-state index in [9.17, 15) is 0 Å². The minimum atomic E-state index is 0.496. The predicted octanol–water partition coefficient (Wildman–Crippen LogP) is 3.78. The summed E-state index contributed by atoms with van der Waals surface area (Å²) in [6, 6.07) is 9.07. The Bertz CT molecular complexity index is 402. The number of ether oxygens (including phenoxy) is 1. The van der Waals surface area contributed by atoms with Crippen LogP contribution >= 0.6 is 0 Å². The van der Waals surface area contributed by atoms with Crippen LogP contribution in [0, 0.1) is 11.3 Å². The van der Waals surface area contributed by atoms with Crippen LogP contribution in [0.1, 0.15) is 43.7 Å². The molecule has 1 aliphatic heterocycles. The maximum atomic E-state index is 5.58. The van der Waals surface area contributed by atoms with Gasteiger partial charge in [0.05, 0.1) is 0 Å². The Hall–Kier alpha value is -0.820. The highest BCUT2D eigenvalue weighted by molar-refractivity contribution is 5.39. The van der Waals surface area contributed by atoms with Crippen LogP contribution in [0.15, 0.2) is 24.3 Å². The van der Waals surface area contributed by atoms with Crippen LogP contribution in [0.3, 0.4) is 0 Å². The van der Waals surface area contributed by atoms with Crippen LogP contribution in [0.4, 0.5) is 0 Å². The van der Waals surface area contributed by atoms with E-state index in [1.54, 1.807) is 11.1 Å². The number of rotatable bonds is 1. The molecule has 1 spiro atoms. The van der Waals surface area contributed by atoms with E-state index in [1.165, 1.54) is 19.3 Å². The maximum absolute atomic E-state index is 5.58. The summed E-state index contributed by atoms with van der Waals surface area (Å²) in [7, 11) is 0. The van der Waals surface area contributed by atoms with Gasteiger partial charge in [-0.1, -0.05) is 38.1 Å².